The molecule has 1 aromatic heterocycles. The highest BCUT2D eigenvalue weighted by molar-refractivity contribution is 7.72. The molecule has 0 bridgehead atoms. The van der Waals surface area contributed by atoms with Gasteiger partial charge in [-0.15, -0.1) is 11.4 Å². The van der Waals surface area contributed by atoms with Gasteiger partial charge in [0.15, 0.2) is 0 Å². The van der Waals surface area contributed by atoms with Crippen LogP contribution in [0.1, 0.15) is 25.6 Å². The Morgan fingerprint density at radius 1 is 1.53 bits per heavy atom. The minimum Gasteiger partial charge on any atom is -0.784 e. The molecule has 0 N–H and O–H groups in total. The fourth-order valence-electron chi connectivity index (χ4n) is 1.16. The standard InChI is InChI=1S/C9H17N2.H2O3S/c1-4-5-6-11-8-7-10(3)9(11)2;1-4(2)3/h7-8H,4-6H2,1-3H3;(H2,1,2,3)/q+1;/p-2. The van der Waals surface area contributed by atoms with Crippen LogP contribution >= 0.6 is 0 Å². The van der Waals surface area contributed by atoms with E-state index in [9.17, 15) is 0 Å². The summed E-state index contributed by atoms with van der Waals surface area (Å²) in [6.45, 7) is 5.53. The van der Waals surface area contributed by atoms with Crippen LogP contribution in [-0.2, 0) is 25.0 Å². The van der Waals surface area contributed by atoms with Gasteiger partial charge in [-0.3, -0.25) is 4.21 Å². The van der Waals surface area contributed by atoms with Gasteiger partial charge < -0.3 is 9.11 Å². The molecule has 88 valence electrons. The summed E-state index contributed by atoms with van der Waals surface area (Å²) in [6.07, 6.45) is 6.78. The van der Waals surface area contributed by atoms with Crippen molar-refractivity contribution in [2.75, 3.05) is 0 Å². The van der Waals surface area contributed by atoms with Gasteiger partial charge in [0.05, 0.1) is 13.6 Å². The van der Waals surface area contributed by atoms with Gasteiger partial charge in [0.2, 0.25) is 0 Å². The molecular formula is C9H17N2O3S-. The lowest BCUT2D eigenvalue weighted by atomic mass is 10.3. The Balaban J connectivity index is 0.000000423. The van der Waals surface area contributed by atoms with Crippen LogP contribution in [0.2, 0.25) is 0 Å². The molecule has 0 aromatic carbocycles. The molecule has 0 atom stereocenters. The third-order valence-corrected chi connectivity index (χ3v) is 2.15. The smallest absolute Gasteiger partial charge is 0.253 e. The Labute approximate surface area is 92.9 Å². The van der Waals surface area contributed by atoms with Crippen molar-refractivity contribution in [1.29, 1.82) is 0 Å². The summed E-state index contributed by atoms with van der Waals surface area (Å²) in [6, 6.07) is 0. The van der Waals surface area contributed by atoms with Crippen molar-refractivity contribution < 1.29 is 17.9 Å². The first-order valence-electron chi connectivity index (χ1n) is 4.77. The number of hydrogen-bond donors (Lipinski definition) is 0. The number of rotatable bonds is 3. The van der Waals surface area contributed by atoms with E-state index in [0.29, 0.717) is 0 Å². The largest absolute Gasteiger partial charge is 0.784 e. The van der Waals surface area contributed by atoms with Crippen LogP contribution in [0.4, 0.5) is 0 Å². The first kappa shape index (κ1) is 14.3. The van der Waals surface area contributed by atoms with E-state index in [4.69, 9.17) is 13.3 Å². The SMILES string of the molecule is CCCCn1cc[n+](C)c1C.O=S([O-])[O-]. The van der Waals surface area contributed by atoms with Crippen molar-refractivity contribution in [2.24, 2.45) is 7.05 Å². The zero-order valence-corrected chi connectivity index (χ0v) is 10.1. The Hall–Kier alpha value is -0.720. The molecule has 0 amide bonds. The van der Waals surface area contributed by atoms with Crippen LogP contribution in [0.25, 0.3) is 0 Å². The molecule has 0 saturated carbocycles. The van der Waals surface area contributed by atoms with Crippen molar-refractivity contribution in [1.82, 2.24) is 4.57 Å². The van der Waals surface area contributed by atoms with Crippen molar-refractivity contribution in [2.45, 2.75) is 33.2 Å². The van der Waals surface area contributed by atoms with Gasteiger partial charge in [-0.05, 0) is 6.42 Å². The van der Waals surface area contributed by atoms with E-state index in [0.717, 1.165) is 6.54 Å². The zero-order chi connectivity index (χ0) is 11.8. The summed E-state index contributed by atoms with van der Waals surface area (Å²) in [4.78, 5) is 0. The predicted octanol–water partition coefficient (Wildman–Crippen LogP) is 0.417. The molecule has 0 aliphatic carbocycles. The normalized spacial score (nSPS) is 10.0. The highest BCUT2D eigenvalue weighted by atomic mass is 32.2. The number of imidazole rings is 1. The fraction of sp³-hybridized carbons (Fsp3) is 0.667. The lowest BCUT2D eigenvalue weighted by Gasteiger charge is -2.03. The minimum atomic E-state index is -3.11. The summed E-state index contributed by atoms with van der Waals surface area (Å²) in [5.74, 6) is 1.33. The van der Waals surface area contributed by atoms with Crippen LogP contribution in [-0.4, -0.2) is 17.9 Å². The van der Waals surface area contributed by atoms with E-state index in [1.54, 1.807) is 0 Å². The third-order valence-electron chi connectivity index (χ3n) is 2.15. The molecule has 0 aliphatic rings. The first-order valence-corrected chi connectivity index (χ1v) is 5.77. The maximum Gasteiger partial charge on any atom is 0.253 e. The van der Waals surface area contributed by atoms with E-state index >= 15 is 0 Å². The van der Waals surface area contributed by atoms with Gasteiger partial charge in [0.1, 0.15) is 12.4 Å². The predicted molar refractivity (Wildman–Crippen MR) is 55.0 cm³/mol. The Bertz CT molecular complexity index is 308. The van der Waals surface area contributed by atoms with E-state index in [1.807, 2.05) is 0 Å². The minimum absolute atomic E-state index is 1.16. The van der Waals surface area contributed by atoms with Gasteiger partial charge in [0, 0.05) is 6.92 Å². The molecule has 6 heteroatoms. The van der Waals surface area contributed by atoms with Gasteiger partial charge in [-0.25, -0.2) is 9.13 Å². The second kappa shape index (κ2) is 7.56. The number of nitrogens with zero attached hydrogens (tertiary/aromatic N) is 2. The highest BCUT2D eigenvalue weighted by Gasteiger charge is 2.06. The summed E-state index contributed by atoms with van der Waals surface area (Å²) in [7, 11) is 2.08. The lowest BCUT2D eigenvalue weighted by Crippen LogP contribution is -2.29. The zero-order valence-electron chi connectivity index (χ0n) is 9.30. The van der Waals surface area contributed by atoms with Gasteiger partial charge in [-0.1, -0.05) is 13.3 Å². The number of aromatic nitrogens is 2. The second-order valence-corrected chi connectivity index (χ2v) is 3.62. The monoisotopic (exact) mass is 233 g/mol. The molecule has 0 aliphatic heterocycles. The maximum atomic E-state index is 8.44. The molecule has 1 rings (SSSR count). The molecule has 1 aromatic rings. The molecule has 15 heavy (non-hydrogen) atoms. The Morgan fingerprint density at radius 2 is 2.07 bits per heavy atom. The molecular weight excluding hydrogens is 216 g/mol. The van der Waals surface area contributed by atoms with E-state index < -0.39 is 11.4 Å². The Morgan fingerprint density at radius 3 is 2.40 bits per heavy atom. The summed E-state index contributed by atoms with van der Waals surface area (Å²) < 4.78 is 29.8. The quantitative estimate of drug-likeness (QED) is 0.561. The third kappa shape index (κ3) is 6.38. The molecule has 0 unspecified atom stereocenters. The molecule has 0 radical (unpaired) electrons. The van der Waals surface area contributed by atoms with Crippen molar-refractivity contribution in [3.63, 3.8) is 0 Å². The van der Waals surface area contributed by atoms with E-state index in [2.05, 4.69) is 42.4 Å². The molecule has 1 heterocycles. The van der Waals surface area contributed by atoms with Crippen molar-refractivity contribution >= 4 is 11.4 Å². The maximum absolute atomic E-state index is 8.44. The topological polar surface area (TPSA) is 72.0 Å². The summed E-state index contributed by atoms with van der Waals surface area (Å²) in [5.41, 5.74) is 0. The van der Waals surface area contributed by atoms with Gasteiger partial charge in [-0.2, -0.15) is 0 Å². The molecule has 0 spiro atoms. The number of aryl methyl sites for hydroxylation is 2. The van der Waals surface area contributed by atoms with Crippen LogP contribution in [0.3, 0.4) is 0 Å². The highest BCUT2D eigenvalue weighted by Crippen LogP contribution is 1.96. The number of hydrogen-bond acceptors (Lipinski definition) is 3. The van der Waals surface area contributed by atoms with E-state index in [1.165, 1.54) is 18.7 Å². The van der Waals surface area contributed by atoms with Gasteiger partial charge >= 0.3 is 0 Å². The van der Waals surface area contributed by atoms with Gasteiger partial charge in [0.25, 0.3) is 5.82 Å². The fourth-order valence-corrected chi connectivity index (χ4v) is 1.16. The lowest BCUT2D eigenvalue weighted by molar-refractivity contribution is -0.677. The van der Waals surface area contributed by atoms with Crippen LogP contribution in [0.15, 0.2) is 12.4 Å². The van der Waals surface area contributed by atoms with E-state index in [-0.39, 0.29) is 0 Å². The first-order chi connectivity index (χ1) is 6.99. The van der Waals surface area contributed by atoms with Crippen molar-refractivity contribution in [3.8, 4) is 0 Å². The van der Waals surface area contributed by atoms with Crippen LogP contribution < -0.4 is 4.57 Å². The summed E-state index contributed by atoms with van der Waals surface area (Å²) >= 11 is -3.11. The van der Waals surface area contributed by atoms with Crippen molar-refractivity contribution in [3.05, 3.63) is 18.2 Å². The van der Waals surface area contributed by atoms with Crippen LogP contribution in [0, 0.1) is 6.92 Å². The average Bonchev–Trinajstić information content (AvgIpc) is 2.44. The molecule has 0 fully saturated rings. The molecule has 5 nitrogen and oxygen atoms in total. The van der Waals surface area contributed by atoms with Crippen LogP contribution in [0.5, 0.6) is 0 Å². The molecule has 0 saturated heterocycles. The summed E-state index contributed by atoms with van der Waals surface area (Å²) in [5, 5.41) is 0. The second-order valence-electron chi connectivity index (χ2n) is 3.21. The Kier molecular flexibility index (Phi) is 7.19. The number of unbranched alkanes of at least 4 members (excludes halogenated alkanes) is 1. The average molecular weight is 233 g/mol.